The van der Waals surface area contributed by atoms with E-state index in [1.54, 1.807) is 81.5 Å². The summed E-state index contributed by atoms with van der Waals surface area (Å²) in [5.41, 5.74) is 52.0. The zero-order valence-electron chi connectivity index (χ0n) is 63.3. The quantitative estimate of drug-likeness (QED) is 0.0174. The van der Waals surface area contributed by atoms with Crippen LogP contribution in [0, 0.1) is 35.5 Å². The fourth-order valence-corrected chi connectivity index (χ4v) is 11.0. The maximum atomic E-state index is 14.9. The number of benzene rings is 1. The van der Waals surface area contributed by atoms with Gasteiger partial charge in [-0.15, -0.1) is 0 Å². The van der Waals surface area contributed by atoms with Crippen molar-refractivity contribution >= 4 is 99.7 Å². The van der Waals surface area contributed by atoms with Crippen LogP contribution in [0.15, 0.2) is 45.4 Å². The van der Waals surface area contributed by atoms with Crippen molar-refractivity contribution in [2.24, 2.45) is 102 Å². The van der Waals surface area contributed by atoms with E-state index in [0.29, 0.717) is 18.4 Å². The monoisotopic (exact) mass is 1480 g/mol. The Bertz CT molecular complexity index is 3290. The van der Waals surface area contributed by atoms with Gasteiger partial charge in [0.25, 0.3) is 0 Å². The average Bonchev–Trinajstić information content (AvgIpc) is 1.77. The Hall–Kier alpha value is -9.87. The summed E-state index contributed by atoms with van der Waals surface area (Å²) < 4.78 is 0. The number of primary amides is 1. The van der Waals surface area contributed by atoms with Crippen LogP contribution in [0.2, 0.25) is 0 Å². The van der Waals surface area contributed by atoms with Crippen LogP contribution in [0.3, 0.4) is 0 Å². The zero-order chi connectivity index (χ0) is 79.5. The Labute approximate surface area is 615 Å². The number of aromatic amines is 1. The van der Waals surface area contributed by atoms with Crippen molar-refractivity contribution in [1.82, 2.24) is 63.5 Å². The van der Waals surface area contributed by atoms with Gasteiger partial charge in [0.15, 0.2) is 17.9 Å². The van der Waals surface area contributed by atoms with E-state index in [-0.39, 0.29) is 114 Å². The molecule has 105 heavy (non-hydrogen) atoms. The van der Waals surface area contributed by atoms with E-state index in [4.69, 9.17) is 51.6 Å². The maximum Gasteiger partial charge on any atom is 0.243 e. The van der Waals surface area contributed by atoms with Gasteiger partial charge in [-0.2, -0.15) is 0 Å². The van der Waals surface area contributed by atoms with E-state index >= 15 is 0 Å². The lowest BCUT2D eigenvalue weighted by molar-refractivity contribution is -0.137. The number of fused-ring (bicyclic) bond motifs is 1. The molecule has 2 rings (SSSR count). The molecule has 30 N–H and O–H groups in total. The number of nitrogens with one attached hydrogen (secondary N) is 12. The molecule has 0 fully saturated rings. The number of carbonyl (C=O) groups excluding carboxylic acids is 12. The lowest BCUT2D eigenvalue weighted by Gasteiger charge is -2.31. The third kappa shape index (κ3) is 32.0. The zero-order valence-corrected chi connectivity index (χ0v) is 63.3. The van der Waals surface area contributed by atoms with Crippen molar-refractivity contribution in [3.8, 4) is 0 Å². The van der Waals surface area contributed by atoms with Gasteiger partial charge < -0.3 is 115 Å². The summed E-state index contributed by atoms with van der Waals surface area (Å²) in [4.78, 5) is 184. The van der Waals surface area contributed by atoms with E-state index in [1.807, 2.05) is 32.0 Å². The minimum absolute atomic E-state index is 0.00446. The van der Waals surface area contributed by atoms with Crippen molar-refractivity contribution < 1.29 is 57.5 Å². The molecule has 590 valence electrons. The topological polar surface area (TPSA) is 624 Å². The second-order valence-corrected chi connectivity index (χ2v) is 28.1. The molecule has 0 unspecified atom stereocenters. The molecule has 1 aromatic carbocycles. The molecule has 0 aliphatic heterocycles. The van der Waals surface area contributed by atoms with Crippen molar-refractivity contribution in [1.29, 1.82) is 0 Å². The van der Waals surface area contributed by atoms with Crippen LogP contribution >= 0.6 is 0 Å². The number of amides is 12. The second kappa shape index (κ2) is 46.1. The Morgan fingerprint density at radius 1 is 0.410 bits per heavy atom. The summed E-state index contributed by atoms with van der Waals surface area (Å²) in [5.74, 6) is -12.7. The molecule has 0 bridgehead atoms. The van der Waals surface area contributed by atoms with Gasteiger partial charge in [0.05, 0.1) is 6.04 Å². The SMILES string of the molecule is CC[C@H](C)[C@H](NC(=O)[C@H](CCCN=C(N)N)NC(=O)[C@@H](NC(=O)[C@H](C)NC(=O)[C@@H](NC(=O)[C@@H](NC(=O)[C@H](CC(C)C)NC(=O)[C@H](CCCN=C(N)N)NC(=O)[C@@H](N)C(C)C)[C@@H](C)CC)C(C)C)C(C)C)C(=O)N[C@@H](Cc1c[nH]c2ccccc12)C(=O)N[C@@H](CCCN=C(N)N)C(=O)N[C@@H](CCN)C(N)=O. The van der Waals surface area contributed by atoms with Crippen molar-refractivity contribution in [3.63, 3.8) is 0 Å². The first-order valence-electron chi connectivity index (χ1n) is 36.1. The Balaban J connectivity index is 2.50. The van der Waals surface area contributed by atoms with Crippen molar-refractivity contribution in [2.45, 2.75) is 233 Å². The third-order valence-corrected chi connectivity index (χ3v) is 17.8. The smallest absolute Gasteiger partial charge is 0.243 e. The van der Waals surface area contributed by atoms with Gasteiger partial charge in [0, 0.05) is 43.2 Å². The first-order chi connectivity index (χ1) is 49.3. The van der Waals surface area contributed by atoms with Gasteiger partial charge in [0.1, 0.15) is 66.5 Å². The Morgan fingerprint density at radius 3 is 1.20 bits per heavy atom. The molecule has 0 spiro atoms. The molecule has 36 heteroatoms. The van der Waals surface area contributed by atoms with Gasteiger partial charge in [-0.05, 0) is 112 Å². The standard InChI is InChI=1S/C69H122N24O12/c1-14-38(11)53(65(104)89-49(32-41-33-82-43-22-17-16-21-42(41)43)60(99)85-45(23-18-28-79-67(73)74)57(96)84-44(26-27-70)55(72)94)92-59(98)47(25-20-30-81-69(77)78)87-64(103)52(37(9)10)90-56(95)40(13)83-63(102)51(36(7)8)91-66(105)54(39(12)15-2)93-61(100)48(31-34(3)4)88-58(97)46(24-19-29-80-68(75)76)86-62(101)50(71)35(5)6/h16-17,21-22,33-40,44-54,82H,14-15,18-20,23-32,70-71H2,1-13H3,(H2,72,94)(H,83,102)(H,84,96)(H,85,99)(H,86,101)(H,87,103)(H,88,97)(H,89,104)(H,90,95)(H,91,105)(H,92,98)(H,93,100)(H4,73,74,79)(H4,75,76,80)(H4,77,78,81)/t38-,39-,40-,44-,45-,46-,47-,48-,49-,50-,51-,52-,53-,54-/m0/s1. The summed E-state index contributed by atoms with van der Waals surface area (Å²) in [6.45, 7) is 22.3. The molecule has 14 atom stereocenters. The Morgan fingerprint density at radius 2 is 0.771 bits per heavy atom. The van der Waals surface area contributed by atoms with E-state index < -0.39 is 167 Å². The van der Waals surface area contributed by atoms with Crippen molar-refractivity contribution in [2.75, 3.05) is 26.2 Å². The largest absolute Gasteiger partial charge is 0.370 e. The van der Waals surface area contributed by atoms with Crippen molar-refractivity contribution in [3.05, 3.63) is 36.0 Å². The number of H-pyrrole nitrogens is 1. The highest BCUT2D eigenvalue weighted by Crippen LogP contribution is 2.21. The number of rotatable bonds is 48. The third-order valence-electron chi connectivity index (χ3n) is 17.8. The number of hydrogen-bond acceptors (Lipinski definition) is 17. The number of carbonyl (C=O) groups is 12. The summed E-state index contributed by atoms with van der Waals surface area (Å²) in [6.07, 6.45) is 2.86. The number of hydrogen-bond donors (Lipinski definition) is 21. The maximum absolute atomic E-state index is 14.9. The molecule has 12 amide bonds. The molecular weight excluding hydrogens is 1360 g/mol. The minimum Gasteiger partial charge on any atom is -0.370 e. The van der Waals surface area contributed by atoms with Gasteiger partial charge in [-0.3, -0.25) is 72.5 Å². The lowest BCUT2D eigenvalue weighted by atomic mass is 9.95. The second-order valence-electron chi connectivity index (χ2n) is 28.1. The van der Waals surface area contributed by atoms with Crippen LogP contribution in [0.4, 0.5) is 0 Å². The van der Waals surface area contributed by atoms with E-state index in [1.165, 1.54) is 6.92 Å². The first kappa shape index (κ1) is 91.2. The molecular formula is C69H122N24O12. The number of para-hydroxylation sites is 1. The molecule has 2 aromatic rings. The summed E-state index contributed by atoms with van der Waals surface area (Å²) >= 11 is 0. The summed E-state index contributed by atoms with van der Waals surface area (Å²) in [5, 5.41) is 30.6. The fourth-order valence-electron chi connectivity index (χ4n) is 11.0. The molecule has 0 aliphatic rings. The Kier molecular flexibility index (Phi) is 40.0. The van der Waals surface area contributed by atoms with Gasteiger partial charge in [-0.1, -0.05) is 114 Å². The minimum atomic E-state index is -1.42. The van der Waals surface area contributed by atoms with Gasteiger partial charge >= 0.3 is 0 Å². The molecule has 36 nitrogen and oxygen atoms in total. The highest BCUT2D eigenvalue weighted by Gasteiger charge is 2.39. The average molecular weight is 1480 g/mol. The highest BCUT2D eigenvalue weighted by molar-refractivity contribution is 6.00. The summed E-state index contributed by atoms with van der Waals surface area (Å²) in [6, 6.07) is -7.99. The van der Waals surface area contributed by atoms with Crippen LogP contribution in [-0.2, 0) is 64.0 Å². The molecule has 0 saturated heterocycles. The van der Waals surface area contributed by atoms with Crippen LogP contribution in [-0.4, -0.2) is 192 Å². The number of aromatic nitrogens is 1. The molecule has 0 aliphatic carbocycles. The van der Waals surface area contributed by atoms with Crippen LogP contribution in [0.25, 0.3) is 10.9 Å². The fraction of sp³-hybridized carbons (Fsp3) is 0.667. The number of nitrogens with two attached hydrogens (primary N) is 9. The predicted molar refractivity (Wildman–Crippen MR) is 402 cm³/mol. The van der Waals surface area contributed by atoms with Crippen LogP contribution in [0.5, 0.6) is 0 Å². The van der Waals surface area contributed by atoms with E-state index in [0.717, 1.165) is 10.9 Å². The number of guanidine groups is 3. The van der Waals surface area contributed by atoms with E-state index in [2.05, 4.69) is 78.4 Å². The molecule has 1 heterocycles. The molecule has 0 saturated carbocycles. The van der Waals surface area contributed by atoms with E-state index in [9.17, 15) is 57.5 Å². The highest BCUT2D eigenvalue weighted by atomic mass is 16.2. The van der Waals surface area contributed by atoms with Crippen LogP contribution < -0.4 is 110 Å². The normalized spacial score (nSPS) is 15.3. The van der Waals surface area contributed by atoms with Crippen LogP contribution in [0.1, 0.15) is 160 Å². The lowest BCUT2D eigenvalue weighted by Crippen LogP contribution is -2.62. The van der Waals surface area contributed by atoms with Gasteiger partial charge in [-0.25, -0.2) is 0 Å². The first-order valence-corrected chi connectivity index (χ1v) is 36.1. The van der Waals surface area contributed by atoms with Gasteiger partial charge in [0.2, 0.25) is 70.9 Å². The summed E-state index contributed by atoms with van der Waals surface area (Å²) in [7, 11) is 0. The predicted octanol–water partition coefficient (Wildman–Crippen LogP) is -3.51. The molecule has 0 radical (unpaired) electrons. The molecule has 1 aromatic heterocycles. The number of aliphatic imine (C=N–C) groups is 3. The number of nitrogens with zero attached hydrogens (tertiary/aromatic N) is 3.